The van der Waals surface area contributed by atoms with Gasteiger partial charge in [-0.1, -0.05) is 0 Å². The van der Waals surface area contributed by atoms with E-state index in [2.05, 4.69) is 15.3 Å². The molecular weight excluding hydrogens is 362 g/mol. The van der Waals surface area contributed by atoms with Crippen LogP contribution in [0.15, 0.2) is 30.6 Å². The van der Waals surface area contributed by atoms with Gasteiger partial charge in [-0.3, -0.25) is 4.79 Å². The first-order valence-corrected chi connectivity index (χ1v) is 9.19. The van der Waals surface area contributed by atoms with Crippen molar-refractivity contribution < 1.29 is 23.7 Å². The van der Waals surface area contributed by atoms with E-state index in [9.17, 15) is 4.79 Å². The van der Waals surface area contributed by atoms with Crippen molar-refractivity contribution in [3.05, 3.63) is 36.2 Å². The lowest BCUT2D eigenvalue weighted by atomic mass is 9.92. The fourth-order valence-corrected chi connectivity index (χ4v) is 3.27. The van der Waals surface area contributed by atoms with E-state index in [-0.39, 0.29) is 18.1 Å². The highest BCUT2D eigenvalue weighted by molar-refractivity contribution is 5.97. The topological polar surface area (TPSA) is 91.8 Å². The maximum Gasteiger partial charge on any atom is 0.278 e. The van der Waals surface area contributed by atoms with Crippen molar-refractivity contribution in [1.29, 1.82) is 0 Å². The standard InChI is InChI=1S/C20H25N3O5/c1-25-15-8-9-16(17(12-15)26-2)18(24)23-13-4-6-14(7-5-13)28-20-19(27-3)21-10-11-22-20/h8-14H,4-7H2,1-3H3,(H,23,24). The zero-order valence-electron chi connectivity index (χ0n) is 16.3. The molecule has 0 spiro atoms. The molecule has 1 aliphatic rings. The monoisotopic (exact) mass is 387 g/mol. The van der Waals surface area contributed by atoms with Crippen LogP contribution in [0.25, 0.3) is 0 Å². The predicted octanol–water partition coefficient (Wildman–Crippen LogP) is 2.62. The second-order valence-electron chi connectivity index (χ2n) is 6.50. The molecule has 0 unspecified atom stereocenters. The Morgan fingerprint density at radius 3 is 2.32 bits per heavy atom. The zero-order chi connectivity index (χ0) is 19.9. The summed E-state index contributed by atoms with van der Waals surface area (Å²) >= 11 is 0. The van der Waals surface area contributed by atoms with Gasteiger partial charge < -0.3 is 24.3 Å². The first kappa shape index (κ1) is 19.7. The van der Waals surface area contributed by atoms with Crippen molar-refractivity contribution >= 4 is 5.91 Å². The molecule has 0 aliphatic heterocycles. The molecule has 1 saturated carbocycles. The van der Waals surface area contributed by atoms with Crippen LogP contribution in [0.1, 0.15) is 36.0 Å². The zero-order valence-corrected chi connectivity index (χ0v) is 16.3. The van der Waals surface area contributed by atoms with Gasteiger partial charge in [0.15, 0.2) is 0 Å². The minimum absolute atomic E-state index is 0.0225. The molecule has 1 aromatic heterocycles. The number of hydrogen-bond acceptors (Lipinski definition) is 7. The molecule has 0 bridgehead atoms. The Morgan fingerprint density at radius 1 is 0.964 bits per heavy atom. The Kier molecular flexibility index (Phi) is 6.52. The lowest BCUT2D eigenvalue weighted by molar-refractivity contribution is 0.0883. The summed E-state index contributed by atoms with van der Waals surface area (Å²) in [5.74, 6) is 1.76. The van der Waals surface area contributed by atoms with Gasteiger partial charge in [0.05, 0.1) is 26.9 Å². The van der Waals surface area contributed by atoms with Crippen LogP contribution >= 0.6 is 0 Å². The van der Waals surface area contributed by atoms with Crippen molar-refractivity contribution in [2.24, 2.45) is 0 Å². The number of hydrogen-bond donors (Lipinski definition) is 1. The molecule has 0 atom stereocenters. The molecule has 2 aromatic rings. The minimum atomic E-state index is -0.153. The molecule has 1 amide bonds. The van der Waals surface area contributed by atoms with Crippen LogP contribution in [-0.2, 0) is 0 Å². The number of amides is 1. The average molecular weight is 387 g/mol. The number of carbonyl (C=O) groups excluding carboxylic acids is 1. The Morgan fingerprint density at radius 2 is 1.68 bits per heavy atom. The van der Waals surface area contributed by atoms with Crippen LogP contribution in [0.3, 0.4) is 0 Å². The molecule has 28 heavy (non-hydrogen) atoms. The Bertz CT molecular complexity index is 806. The largest absolute Gasteiger partial charge is 0.497 e. The molecule has 1 aromatic carbocycles. The van der Waals surface area contributed by atoms with Crippen LogP contribution in [0.2, 0.25) is 0 Å². The lowest BCUT2D eigenvalue weighted by Gasteiger charge is -2.29. The van der Waals surface area contributed by atoms with Crippen molar-refractivity contribution in [3.63, 3.8) is 0 Å². The van der Waals surface area contributed by atoms with Crippen molar-refractivity contribution in [2.75, 3.05) is 21.3 Å². The Balaban J connectivity index is 1.55. The van der Waals surface area contributed by atoms with Gasteiger partial charge in [0.1, 0.15) is 17.6 Å². The second-order valence-corrected chi connectivity index (χ2v) is 6.50. The Hall–Kier alpha value is -3.03. The fraction of sp³-hybridized carbons (Fsp3) is 0.450. The summed E-state index contributed by atoms with van der Waals surface area (Å²) in [5, 5.41) is 3.09. The van der Waals surface area contributed by atoms with Crippen LogP contribution in [0.4, 0.5) is 0 Å². The third kappa shape index (κ3) is 4.62. The van der Waals surface area contributed by atoms with Crippen LogP contribution in [0, 0.1) is 0 Å². The molecule has 0 radical (unpaired) electrons. The van der Waals surface area contributed by atoms with Gasteiger partial charge in [-0.05, 0) is 37.8 Å². The molecule has 150 valence electrons. The molecule has 1 fully saturated rings. The summed E-state index contributed by atoms with van der Waals surface area (Å²) in [7, 11) is 4.65. The van der Waals surface area contributed by atoms with Crippen LogP contribution < -0.4 is 24.3 Å². The van der Waals surface area contributed by atoms with E-state index in [4.69, 9.17) is 18.9 Å². The fourth-order valence-electron chi connectivity index (χ4n) is 3.27. The summed E-state index contributed by atoms with van der Waals surface area (Å²) < 4.78 is 21.6. The highest BCUT2D eigenvalue weighted by Gasteiger charge is 2.26. The van der Waals surface area contributed by atoms with Gasteiger partial charge in [-0.15, -0.1) is 0 Å². The van der Waals surface area contributed by atoms with E-state index in [1.165, 1.54) is 14.2 Å². The van der Waals surface area contributed by atoms with Crippen LogP contribution in [-0.4, -0.2) is 49.4 Å². The Labute approximate surface area is 164 Å². The smallest absolute Gasteiger partial charge is 0.278 e. The number of nitrogens with one attached hydrogen (secondary N) is 1. The molecule has 1 aliphatic carbocycles. The number of carbonyl (C=O) groups is 1. The van der Waals surface area contributed by atoms with Gasteiger partial charge >= 0.3 is 0 Å². The second kappa shape index (κ2) is 9.25. The van der Waals surface area contributed by atoms with Gasteiger partial charge in [-0.2, -0.15) is 0 Å². The number of nitrogens with zero attached hydrogens (tertiary/aromatic N) is 2. The van der Waals surface area contributed by atoms with E-state index < -0.39 is 0 Å². The van der Waals surface area contributed by atoms with Gasteiger partial charge in [0.25, 0.3) is 17.7 Å². The molecule has 0 saturated heterocycles. The summed E-state index contributed by atoms with van der Waals surface area (Å²) in [6.07, 6.45) is 6.41. The van der Waals surface area contributed by atoms with E-state index >= 15 is 0 Å². The lowest BCUT2D eigenvalue weighted by Crippen LogP contribution is -2.39. The van der Waals surface area contributed by atoms with E-state index in [0.29, 0.717) is 28.8 Å². The highest BCUT2D eigenvalue weighted by atomic mass is 16.5. The van der Waals surface area contributed by atoms with Crippen LogP contribution in [0.5, 0.6) is 23.3 Å². The average Bonchev–Trinajstić information content (AvgIpc) is 2.74. The number of aromatic nitrogens is 2. The number of ether oxygens (including phenoxy) is 4. The summed E-state index contributed by atoms with van der Waals surface area (Å²) in [4.78, 5) is 20.9. The first-order valence-electron chi connectivity index (χ1n) is 9.19. The molecule has 1 N–H and O–H groups in total. The number of methoxy groups -OCH3 is 3. The van der Waals surface area contributed by atoms with Crippen molar-refractivity contribution in [1.82, 2.24) is 15.3 Å². The maximum atomic E-state index is 12.7. The molecule has 1 heterocycles. The summed E-state index contributed by atoms with van der Waals surface area (Å²) in [6, 6.07) is 5.25. The van der Waals surface area contributed by atoms with Crippen molar-refractivity contribution in [3.8, 4) is 23.3 Å². The third-order valence-electron chi connectivity index (χ3n) is 4.77. The first-order chi connectivity index (χ1) is 13.6. The van der Waals surface area contributed by atoms with Gasteiger partial charge in [0, 0.05) is 24.5 Å². The normalized spacial score (nSPS) is 18.8. The third-order valence-corrected chi connectivity index (χ3v) is 4.77. The summed E-state index contributed by atoms with van der Waals surface area (Å²) in [5.41, 5.74) is 0.492. The van der Waals surface area contributed by atoms with Gasteiger partial charge in [0.2, 0.25) is 0 Å². The predicted molar refractivity (Wildman–Crippen MR) is 102 cm³/mol. The molecule has 8 heteroatoms. The number of benzene rings is 1. The summed E-state index contributed by atoms with van der Waals surface area (Å²) in [6.45, 7) is 0. The molecular formula is C20H25N3O5. The van der Waals surface area contributed by atoms with E-state index in [0.717, 1.165) is 25.7 Å². The van der Waals surface area contributed by atoms with Gasteiger partial charge in [-0.25, -0.2) is 9.97 Å². The molecule has 8 nitrogen and oxygen atoms in total. The molecule has 3 rings (SSSR count). The van der Waals surface area contributed by atoms with E-state index in [1.54, 1.807) is 37.7 Å². The van der Waals surface area contributed by atoms with Crippen molar-refractivity contribution in [2.45, 2.75) is 37.8 Å². The minimum Gasteiger partial charge on any atom is -0.497 e. The number of rotatable bonds is 7. The quantitative estimate of drug-likeness (QED) is 0.781. The maximum absolute atomic E-state index is 12.7. The highest BCUT2D eigenvalue weighted by Crippen LogP contribution is 2.28. The van der Waals surface area contributed by atoms with E-state index in [1.807, 2.05) is 0 Å². The SMILES string of the molecule is COc1ccc(C(=O)NC2CCC(Oc3nccnc3OC)CC2)c(OC)c1.